The van der Waals surface area contributed by atoms with Crippen LogP contribution in [0.3, 0.4) is 0 Å². The van der Waals surface area contributed by atoms with E-state index in [1.807, 2.05) is 6.20 Å². The standard InChI is InChI=1S/C14H21N3O/c15-10-14(18)4-3-13-9-12(5-6-16-13)11-17-7-1-2-8-17/h4-6,9,18H,1-3,7-8,10-11,15H2/b14-4+. The number of nitrogens with two attached hydrogens (primary N) is 1. The highest BCUT2D eigenvalue weighted by atomic mass is 16.3. The fraction of sp³-hybridized carbons (Fsp3) is 0.500. The van der Waals surface area contributed by atoms with Crippen LogP contribution in [0.1, 0.15) is 24.1 Å². The zero-order chi connectivity index (χ0) is 12.8. The minimum atomic E-state index is 0.188. The smallest absolute Gasteiger partial charge is 0.102 e. The predicted octanol–water partition coefficient (Wildman–Crippen LogP) is 1.62. The van der Waals surface area contributed by atoms with Crippen LogP contribution in [-0.4, -0.2) is 34.6 Å². The number of aliphatic hydroxyl groups excluding tert-OH is 1. The molecule has 0 radical (unpaired) electrons. The Morgan fingerprint density at radius 1 is 1.44 bits per heavy atom. The Morgan fingerprint density at radius 2 is 2.22 bits per heavy atom. The van der Waals surface area contributed by atoms with Gasteiger partial charge in [-0.15, -0.1) is 0 Å². The second-order valence-corrected chi connectivity index (χ2v) is 4.74. The molecule has 1 aromatic heterocycles. The van der Waals surface area contributed by atoms with Crippen molar-refractivity contribution < 1.29 is 5.11 Å². The van der Waals surface area contributed by atoms with Gasteiger partial charge in [0.1, 0.15) is 5.76 Å². The number of nitrogens with zero attached hydrogens (tertiary/aromatic N) is 2. The number of aliphatic hydroxyl groups is 1. The summed E-state index contributed by atoms with van der Waals surface area (Å²) in [6.07, 6.45) is 6.82. The van der Waals surface area contributed by atoms with E-state index in [0.29, 0.717) is 6.42 Å². The summed E-state index contributed by atoms with van der Waals surface area (Å²) in [4.78, 5) is 6.77. The highest BCUT2D eigenvalue weighted by Gasteiger charge is 2.11. The van der Waals surface area contributed by atoms with E-state index in [4.69, 9.17) is 5.73 Å². The zero-order valence-electron chi connectivity index (χ0n) is 10.7. The van der Waals surface area contributed by atoms with E-state index in [0.717, 1.165) is 12.2 Å². The Kier molecular flexibility index (Phi) is 4.73. The van der Waals surface area contributed by atoms with Crippen LogP contribution >= 0.6 is 0 Å². The molecule has 1 saturated heterocycles. The number of likely N-dealkylation sites (tertiary alicyclic amines) is 1. The summed E-state index contributed by atoms with van der Waals surface area (Å²) in [5.41, 5.74) is 7.60. The molecule has 4 nitrogen and oxygen atoms in total. The van der Waals surface area contributed by atoms with Crippen molar-refractivity contribution in [3.8, 4) is 0 Å². The van der Waals surface area contributed by atoms with Crippen LogP contribution < -0.4 is 5.73 Å². The molecule has 4 heteroatoms. The molecule has 1 aromatic rings. The maximum atomic E-state index is 9.32. The van der Waals surface area contributed by atoms with Gasteiger partial charge in [-0.1, -0.05) is 0 Å². The lowest BCUT2D eigenvalue weighted by atomic mass is 10.1. The van der Waals surface area contributed by atoms with Crippen LogP contribution in [-0.2, 0) is 13.0 Å². The van der Waals surface area contributed by atoms with Crippen molar-refractivity contribution in [2.45, 2.75) is 25.8 Å². The summed E-state index contributed by atoms with van der Waals surface area (Å²) in [5, 5.41) is 9.32. The Morgan fingerprint density at radius 3 is 2.94 bits per heavy atom. The molecule has 0 spiro atoms. The molecular weight excluding hydrogens is 226 g/mol. The molecule has 0 saturated carbocycles. The average molecular weight is 247 g/mol. The number of allylic oxidation sites excluding steroid dienone is 1. The van der Waals surface area contributed by atoms with Gasteiger partial charge in [-0.2, -0.15) is 0 Å². The fourth-order valence-corrected chi connectivity index (χ4v) is 2.24. The van der Waals surface area contributed by atoms with E-state index in [9.17, 15) is 5.11 Å². The first-order chi connectivity index (χ1) is 8.78. The molecule has 0 bridgehead atoms. The molecule has 1 aliphatic rings. The van der Waals surface area contributed by atoms with Gasteiger partial charge in [0.25, 0.3) is 0 Å². The molecule has 2 rings (SSSR count). The fourth-order valence-electron chi connectivity index (χ4n) is 2.24. The summed E-state index contributed by atoms with van der Waals surface area (Å²) in [5.74, 6) is 0.224. The highest BCUT2D eigenvalue weighted by Crippen LogP contribution is 2.13. The van der Waals surface area contributed by atoms with Crippen molar-refractivity contribution in [1.82, 2.24) is 9.88 Å². The minimum absolute atomic E-state index is 0.188. The molecule has 2 heterocycles. The molecule has 0 aliphatic carbocycles. The van der Waals surface area contributed by atoms with Crippen LogP contribution in [0.2, 0.25) is 0 Å². The molecular formula is C14H21N3O. The lowest BCUT2D eigenvalue weighted by molar-refractivity contribution is 0.331. The third-order valence-corrected chi connectivity index (χ3v) is 3.24. The summed E-state index contributed by atoms with van der Waals surface area (Å²) < 4.78 is 0. The zero-order valence-corrected chi connectivity index (χ0v) is 10.7. The largest absolute Gasteiger partial charge is 0.511 e. The topological polar surface area (TPSA) is 62.4 Å². The van der Waals surface area contributed by atoms with Crippen molar-refractivity contribution in [2.24, 2.45) is 5.73 Å². The lowest BCUT2D eigenvalue weighted by Crippen LogP contribution is -2.18. The van der Waals surface area contributed by atoms with E-state index in [1.54, 1.807) is 6.08 Å². The van der Waals surface area contributed by atoms with Gasteiger partial charge in [-0.3, -0.25) is 9.88 Å². The summed E-state index contributed by atoms with van der Waals surface area (Å²) in [6.45, 7) is 3.59. The Labute approximate surface area is 108 Å². The van der Waals surface area contributed by atoms with Gasteiger partial charge in [-0.05, 0) is 49.7 Å². The molecule has 1 fully saturated rings. The first kappa shape index (κ1) is 13.1. The molecule has 0 unspecified atom stereocenters. The molecule has 98 valence electrons. The number of aromatic nitrogens is 1. The number of rotatable bonds is 5. The van der Waals surface area contributed by atoms with Crippen LogP contribution in [0.5, 0.6) is 0 Å². The van der Waals surface area contributed by atoms with Gasteiger partial charge in [0.2, 0.25) is 0 Å². The second-order valence-electron chi connectivity index (χ2n) is 4.74. The van der Waals surface area contributed by atoms with E-state index >= 15 is 0 Å². The van der Waals surface area contributed by atoms with Crippen molar-refractivity contribution in [3.05, 3.63) is 41.4 Å². The van der Waals surface area contributed by atoms with E-state index in [2.05, 4.69) is 22.0 Å². The Bertz CT molecular complexity index is 411. The quantitative estimate of drug-likeness (QED) is 0.776. The van der Waals surface area contributed by atoms with Crippen molar-refractivity contribution in [2.75, 3.05) is 19.6 Å². The lowest BCUT2D eigenvalue weighted by Gasteiger charge is -2.14. The van der Waals surface area contributed by atoms with Gasteiger partial charge in [0.05, 0.1) is 6.54 Å². The van der Waals surface area contributed by atoms with Crippen molar-refractivity contribution >= 4 is 0 Å². The molecule has 0 atom stereocenters. The van der Waals surface area contributed by atoms with Gasteiger partial charge >= 0.3 is 0 Å². The Hall–Kier alpha value is -1.39. The third kappa shape index (κ3) is 3.82. The van der Waals surface area contributed by atoms with Gasteiger partial charge < -0.3 is 10.8 Å². The van der Waals surface area contributed by atoms with Gasteiger partial charge in [0.15, 0.2) is 0 Å². The molecule has 3 N–H and O–H groups in total. The average Bonchev–Trinajstić information content (AvgIpc) is 2.89. The first-order valence-electron chi connectivity index (χ1n) is 6.52. The maximum absolute atomic E-state index is 9.32. The molecule has 1 aliphatic heterocycles. The SMILES string of the molecule is NC/C(O)=C\Cc1cc(CN2CCCC2)ccn1. The van der Waals surface area contributed by atoms with Gasteiger partial charge in [0, 0.05) is 24.9 Å². The van der Waals surface area contributed by atoms with E-state index in [1.165, 1.54) is 31.5 Å². The van der Waals surface area contributed by atoms with Crippen LogP contribution in [0.4, 0.5) is 0 Å². The van der Waals surface area contributed by atoms with E-state index in [-0.39, 0.29) is 12.3 Å². The number of hydrogen-bond acceptors (Lipinski definition) is 4. The number of hydrogen-bond donors (Lipinski definition) is 2. The first-order valence-corrected chi connectivity index (χ1v) is 6.52. The highest BCUT2D eigenvalue weighted by molar-refractivity contribution is 5.18. The minimum Gasteiger partial charge on any atom is -0.511 e. The normalized spacial score (nSPS) is 17.3. The Balaban J connectivity index is 1.96. The van der Waals surface area contributed by atoms with Gasteiger partial charge in [-0.25, -0.2) is 0 Å². The van der Waals surface area contributed by atoms with Crippen LogP contribution in [0.25, 0.3) is 0 Å². The van der Waals surface area contributed by atoms with E-state index < -0.39 is 0 Å². The predicted molar refractivity (Wildman–Crippen MR) is 72.2 cm³/mol. The van der Waals surface area contributed by atoms with Crippen LogP contribution in [0.15, 0.2) is 30.2 Å². The maximum Gasteiger partial charge on any atom is 0.102 e. The molecule has 0 aromatic carbocycles. The third-order valence-electron chi connectivity index (χ3n) is 3.24. The summed E-state index contributed by atoms with van der Waals surface area (Å²) >= 11 is 0. The van der Waals surface area contributed by atoms with Crippen molar-refractivity contribution in [1.29, 1.82) is 0 Å². The van der Waals surface area contributed by atoms with Crippen molar-refractivity contribution in [3.63, 3.8) is 0 Å². The summed E-state index contributed by atoms with van der Waals surface area (Å²) in [7, 11) is 0. The van der Waals surface area contributed by atoms with Crippen LogP contribution in [0, 0.1) is 0 Å². The molecule has 0 amide bonds. The summed E-state index contributed by atoms with van der Waals surface area (Å²) in [6, 6.07) is 4.17. The second kappa shape index (κ2) is 6.52. The monoisotopic (exact) mass is 247 g/mol. The molecule has 18 heavy (non-hydrogen) atoms. The number of pyridine rings is 1.